The van der Waals surface area contributed by atoms with Crippen molar-refractivity contribution in [2.75, 3.05) is 21.0 Å². The van der Waals surface area contributed by atoms with Crippen LogP contribution < -0.4 is 24.3 Å². The normalized spacial score (nSPS) is 11.9. The molecule has 0 saturated heterocycles. The van der Waals surface area contributed by atoms with Crippen LogP contribution in [0, 0.1) is 0 Å². The van der Waals surface area contributed by atoms with Gasteiger partial charge in [-0.15, -0.1) is 0 Å². The van der Waals surface area contributed by atoms with Gasteiger partial charge in [-0.25, -0.2) is 4.68 Å². The number of halogens is 2. The predicted molar refractivity (Wildman–Crippen MR) is 136 cm³/mol. The van der Waals surface area contributed by atoms with Crippen LogP contribution in [0.1, 0.15) is 16.1 Å². The third-order valence-electron chi connectivity index (χ3n) is 5.66. The SMILES string of the molecule is COc1ccc(-c2cc(C(=O)NCc3ccc4c(c3)OCO4)n(-c3ccc(Cl)c(Cl)c3)n2)c(OC)c1. The molecule has 1 amide bonds. The Kier molecular flexibility index (Phi) is 6.63. The molecule has 8 nitrogen and oxygen atoms in total. The van der Waals surface area contributed by atoms with E-state index in [9.17, 15) is 4.79 Å². The minimum absolute atomic E-state index is 0.186. The highest BCUT2D eigenvalue weighted by Crippen LogP contribution is 2.35. The van der Waals surface area contributed by atoms with Gasteiger partial charge in [0.1, 0.15) is 17.2 Å². The minimum atomic E-state index is -0.329. The van der Waals surface area contributed by atoms with Gasteiger partial charge in [0.05, 0.1) is 35.6 Å². The molecule has 10 heteroatoms. The Hall–Kier alpha value is -3.88. The molecule has 0 radical (unpaired) electrons. The van der Waals surface area contributed by atoms with Gasteiger partial charge in [-0.3, -0.25) is 4.79 Å². The zero-order valence-corrected chi connectivity index (χ0v) is 20.9. The average Bonchev–Trinajstić information content (AvgIpc) is 3.55. The number of nitrogens with zero attached hydrogens (tertiary/aromatic N) is 2. The molecule has 4 aromatic rings. The summed E-state index contributed by atoms with van der Waals surface area (Å²) in [5.74, 6) is 2.20. The Balaban J connectivity index is 1.50. The predicted octanol–water partition coefficient (Wildman–Crippen LogP) is 5.52. The zero-order chi connectivity index (χ0) is 25.2. The lowest BCUT2D eigenvalue weighted by atomic mass is 10.1. The Morgan fingerprint density at radius 1 is 0.972 bits per heavy atom. The summed E-state index contributed by atoms with van der Waals surface area (Å²) in [4.78, 5) is 13.4. The lowest BCUT2D eigenvalue weighted by Gasteiger charge is -2.10. The summed E-state index contributed by atoms with van der Waals surface area (Å²) in [6, 6.07) is 17.7. The van der Waals surface area contributed by atoms with Gasteiger partial charge in [-0.05, 0) is 54.1 Å². The average molecular weight is 526 g/mol. The summed E-state index contributed by atoms with van der Waals surface area (Å²) < 4.78 is 23.1. The van der Waals surface area contributed by atoms with E-state index in [-0.39, 0.29) is 19.2 Å². The fraction of sp³-hybridized carbons (Fsp3) is 0.154. The molecule has 2 heterocycles. The monoisotopic (exact) mass is 525 g/mol. The fourth-order valence-corrected chi connectivity index (χ4v) is 4.11. The van der Waals surface area contributed by atoms with E-state index >= 15 is 0 Å². The number of hydrogen-bond acceptors (Lipinski definition) is 6. The van der Waals surface area contributed by atoms with E-state index in [2.05, 4.69) is 5.32 Å². The van der Waals surface area contributed by atoms with Gasteiger partial charge in [-0.2, -0.15) is 5.10 Å². The molecule has 0 spiro atoms. The van der Waals surface area contributed by atoms with Crippen LogP contribution in [0.4, 0.5) is 0 Å². The number of fused-ring (bicyclic) bond motifs is 1. The van der Waals surface area contributed by atoms with E-state index in [0.717, 1.165) is 5.56 Å². The van der Waals surface area contributed by atoms with Crippen LogP contribution in [0.3, 0.4) is 0 Å². The van der Waals surface area contributed by atoms with Crippen molar-refractivity contribution < 1.29 is 23.7 Å². The van der Waals surface area contributed by atoms with Gasteiger partial charge in [-0.1, -0.05) is 29.3 Å². The number of aromatic nitrogens is 2. The highest BCUT2D eigenvalue weighted by atomic mass is 35.5. The summed E-state index contributed by atoms with van der Waals surface area (Å²) in [7, 11) is 3.14. The van der Waals surface area contributed by atoms with Crippen molar-refractivity contribution in [2.45, 2.75) is 6.54 Å². The first-order valence-electron chi connectivity index (χ1n) is 10.9. The van der Waals surface area contributed by atoms with Crippen LogP contribution in [0.2, 0.25) is 10.0 Å². The number of benzene rings is 3. The van der Waals surface area contributed by atoms with Crippen molar-refractivity contribution >= 4 is 29.1 Å². The molecule has 0 atom stereocenters. The Labute approximate surface area is 217 Å². The first-order chi connectivity index (χ1) is 17.5. The quantitative estimate of drug-likeness (QED) is 0.342. The van der Waals surface area contributed by atoms with Crippen molar-refractivity contribution in [1.29, 1.82) is 0 Å². The maximum absolute atomic E-state index is 13.4. The maximum atomic E-state index is 13.4. The van der Waals surface area contributed by atoms with Crippen LogP contribution in [0.15, 0.2) is 60.7 Å². The summed E-state index contributed by atoms with van der Waals surface area (Å²) in [5.41, 5.74) is 2.99. The molecular weight excluding hydrogens is 505 g/mol. The van der Waals surface area contributed by atoms with Crippen molar-refractivity contribution in [1.82, 2.24) is 15.1 Å². The number of methoxy groups -OCH3 is 2. The van der Waals surface area contributed by atoms with Crippen molar-refractivity contribution in [3.63, 3.8) is 0 Å². The second-order valence-corrected chi connectivity index (χ2v) is 8.68. The van der Waals surface area contributed by atoms with E-state index < -0.39 is 0 Å². The van der Waals surface area contributed by atoms with Gasteiger partial charge < -0.3 is 24.3 Å². The minimum Gasteiger partial charge on any atom is -0.497 e. The number of nitrogens with one attached hydrogen (secondary N) is 1. The van der Waals surface area contributed by atoms with E-state index in [1.54, 1.807) is 50.6 Å². The van der Waals surface area contributed by atoms with Gasteiger partial charge in [0, 0.05) is 18.2 Å². The molecule has 5 rings (SSSR count). The van der Waals surface area contributed by atoms with Crippen LogP contribution in [0.5, 0.6) is 23.0 Å². The molecule has 0 fully saturated rings. The number of ether oxygens (including phenoxy) is 4. The smallest absolute Gasteiger partial charge is 0.270 e. The topological polar surface area (TPSA) is 83.8 Å². The maximum Gasteiger partial charge on any atom is 0.270 e. The van der Waals surface area contributed by atoms with E-state index in [1.165, 1.54) is 4.68 Å². The molecule has 1 aliphatic rings. The molecule has 184 valence electrons. The molecular formula is C26H21Cl2N3O5. The molecule has 36 heavy (non-hydrogen) atoms. The number of rotatable bonds is 7. The van der Waals surface area contributed by atoms with E-state index in [1.807, 2.05) is 24.3 Å². The number of amides is 1. The standard InChI is InChI=1S/C26H21Cl2N3O5/c1-33-17-5-6-18(24(11-17)34-2)21-12-22(31(30-21)16-4-7-19(27)20(28)10-16)26(32)29-13-15-3-8-23-25(9-15)36-14-35-23/h3-12H,13-14H2,1-2H3,(H,29,32). The molecule has 0 saturated carbocycles. The Morgan fingerprint density at radius 2 is 1.81 bits per heavy atom. The summed E-state index contributed by atoms with van der Waals surface area (Å²) in [6.45, 7) is 0.467. The van der Waals surface area contributed by atoms with Gasteiger partial charge >= 0.3 is 0 Å². The molecule has 1 aromatic heterocycles. The third kappa shape index (κ3) is 4.65. The van der Waals surface area contributed by atoms with Gasteiger partial charge in [0.2, 0.25) is 6.79 Å². The van der Waals surface area contributed by atoms with Gasteiger partial charge in [0.15, 0.2) is 11.5 Å². The molecule has 1 aliphatic heterocycles. The zero-order valence-electron chi connectivity index (χ0n) is 19.4. The van der Waals surface area contributed by atoms with Crippen LogP contribution in [0.25, 0.3) is 16.9 Å². The highest BCUT2D eigenvalue weighted by Gasteiger charge is 2.21. The van der Waals surface area contributed by atoms with Crippen LogP contribution >= 0.6 is 23.2 Å². The second kappa shape index (κ2) is 10.0. The first-order valence-corrected chi connectivity index (χ1v) is 11.7. The lowest BCUT2D eigenvalue weighted by Crippen LogP contribution is -2.25. The van der Waals surface area contributed by atoms with Crippen LogP contribution in [-0.2, 0) is 6.54 Å². The third-order valence-corrected chi connectivity index (χ3v) is 6.40. The molecule has 1 N–H and O–H groups in total. The first kappa shape index (κ1) is 23.8. The summed E-state index contributed by atoms with van der Waals surface area (Å²) in [6.07, 6.45) is 0. The lowest BCUT2D eigenvalue weighted by molar-refractivity contribution is 0.0943. The Bertz CT molecular complexity index is 1450. The van der Waals surface area contributed by atoms with Crippen molar-refractivity contribution in [3.8, 4) is 39.9 Å². The summed E-state index contributed by atoms with van der Waals surface area (Å²) in [5, 5.41) is 8.40. The molecule has 0 unspecified atom stereocenters. The van der Waals surface area contributed by atoms with E-state index in [4.69, 9.17) is 47.2 Å². The second-order valence-electron chi connectivity index (χ2n) is 7.86. The van der Waals surface area contributed by atoms with Gasteiger partial charge in [0.25, 0.3) is 5.91 Å². The largest absolute Gasteiger partial charge is 0.497 e. The fourth-order valence-electron chi connectivity index (χ4n) is 3.82. The van der Waals surface area contributed by atoms with Crippen LogP contribution in [-0.4, -0.2) is 36.7 Å². The Morgan fingerprint density at radius 3 is 2.58 bits per heavy atom. The number of carbonyl (C=O) groups excluding carboxylic acids is 1. The molecule has 0 bridgehead atoms. The van der Waals surface area contributed by atoms with Crippen molar-refractivity contribution in [3.05, 3.63) is 82.0 Å². The van der Waals surface area contributed by atoms with E-state index in [0.29, 0.717) is 55.7 Å². The molecule has 3 aromatic carbocycles. The van der Waals surface area contributed by atoms with Crippen molar-refractivity contribution in [2.24, 2.45) is 0 Å². The highest BCUT2D eigenvalue weighted by molar-refractivity contribution is 6.42. The number of carbonyl (C=O) groups is 1. The molecule has 0 aliphatic carbocycles. The number of hydrogen-bond donors (Lipinski definition) is 1. The summed E-state index contributed by atoms with van der Waals surface area (Å²) >= 11 is 12.4.